The topological polar surface area (TPSA) is 70.1 Å². The van der Waals surface area contributed by atoms with E-state index in [2.05, 4.69) is 20.7 Å². The number of H-pyrrole nitrogens is 1. The molecule has 1 aromatic heterocycles. The molecule has 4 rings (SSSR count). The number of aromatic amines is 1. The Labute approximate surface area is 169 Å². The number of hydrazone groups is 1. The van der Waals surface area contributed by atoms with E-state index < -0.39 is 17.6 Å². The summed E-state index contributed by atoms with van der Waals surface area (Å²) in [6, 6.07) is 19.8. The minimum atomic E-state index is -4.40. The maximum absolute atomic E-state index is 12.6. The molecule has 0 saturated carbocycles. The largest absolute Gasteiger partial charge is 0.416 e. The van der Waals surface area contributed by atoms with Crippen LogP contribution in [0.5, 0.6) is 0 Å². The Morgan fingerprint density at radius 1 is 0.967 bits per heavy atom. The zero-order chi connectivity index (χ0) is 21.1. The normalized spacial score (nSPS) is 11.8. The predicted molar refractivity (Wildman–Crippen MR) is 108 cm³/mol. The molecule has 1 heterocycles. The number of nitrogens with zero attached hydrogens (tertiary/aromatic N) is 2. The third kappa shape index (κ3) is 4.22. The average Bonchev–Trinajstić information content (AvgIpc) is 3.23. The molecule has 150 valence electrons. The molecule has 0 bridgehead atoms. The standard InChI is InChI=1S/C22H15F3N4O/c23-22(24,25)18-9-5-14(6-10-18)13-26-29-21(30)20-12-19(27-28-20)17-8-7-15-3-1-2-4-16(15)11-17/h1-13H,(H,27,28)(H,29,30)/b26-13-. The quantitative estimate of drug-likeness (QED) is 0.368. The van der Waals surface area contributed by atoms with Gasteiger partial charge in [-0.3, -0.25) is 9.89 Å². The molecule has 5 nitrogen and oxygen atoms in total. The monoisotopic (exact) mass is 408 g/mol. The number of rotatable bonds is 4. The number of amides is 1. The van der Waals surface area contributed by atoms with E-state index >= 15 is 0 Å². The number of alkyl halides is 3. The van der Waals surface area contributed by atoms with Gasteiger partial charge in [0.1, 0.15) is 5.69 Å². The number of benzene rings is 3. The van der Waals surface area contributed by atoms with Crippen molar-refractivity contribution < 1.29 is 18.0 Å². The van der Waals surface area contributed by atoms with Crippen molar-refractivity contribution in [1.82, 2.24) is 15.6 Å². The average molecular weight is 408 g/mol. The summed E-state index contributed by atoms with van der Waals surface area (Å²) >= 11 is 0. The third-order valence-corrected chi connectivity index (χ3v) is 4.49. The van der Waals surface area contributed by atoms with Crippen LogP contribution in [0, 0.1) is 0 Å². The van der Waals surface area contributed by atoms with E-state index in [1.54, 1.807) is 6.07 Å². The molecule has 0 aliphatic carbocycles. The van der Waals surface area contributed by atoms with Crippen molar-refractivity contribution in [2.24, 2.45) is 5.10 Å². The van der Waals surface area contributed by atoms with E-state index in [9.17, 15) is 18.0 Å². The summed E-state index contributed by atoms with van der Waals surface area (Å²) in [7, 11) is 0. The predicted octanol–water partition coefficient (Wildman–Crippen LogP) is 5.01. The molecule has 0 unspecified atom stereocenters. The second kappa shape index (κ2) is 7.82. The first-order valence-electron chi connectivity index (χ1n) is 8.95. The zero-order valence-electron chi connectivity index (χ0n) is 15.4. The first-order valence-corrected chi connectivity index (χ1v) is 8.95. The van der Waals surface area contributed by atoms with Gasteiger partial charge in [-0.15, -0.1) is 0 Å². The fourth-order valence-electron chi connectivity index (χ4n) is 2.92. The maximum atomic E-state index is 12.6. The van der Waals surface area contributed by atoms with Gasteiger partial charge in [-0.2, -0.15) is 23.4 Å². The summed E-state index contributed by atoms with van der Waals surface area (Å²) in [6.45, 7) is 0. The highest BCUT2D eigenvalue weighted by atomic mass is 19.4. The van der Waals surface area contributed by atoms with Crippen molar-refractivity contribution >= 4 is 22.9 Å². The molecule has 0 radical (unpaired) electrons. The minimum Gasteiger partial charge on any atom is -0.272 e. The van der Waals surface area contributed by atoms with Gasteiger partial charge < -0.3 is 0 Å². The molecule has 0 fully saturated rings. The lowest BCUT2D eigenvalue weighted by atomic mass is 10.1. The van der Waals surface area contributed by atoms with Crippen LogP contribution in [0.1, 0.15) is 21.6 Å². The lowest BCUT2D eigenvalue weighted by molar-refractivity contribution is -0.137. The Morgan fingerprint density at radius 2 is 1.70 bits per heavy atom. The van der Waals surface area contributed by atoms with Crippen LogP contribution in [-0.4, -0.2) is 22.3 Å². The fraction of sp³-hybridized carbons (Fsp3) is 0.0455. The van der Waals surface area contributed by atoms with Gasteiger partial charge in [0.05, 0.1) is 17.5 Å². The van der Waals surface area contributed by atoms with Crippen LogP contribution in [0.15, 0.2) is 77.9 Å². The number of aromatic nitrogens is 2. The van der Waals surface area contributed by atoms with Gasteiger partial charge in [-0.05, 0) is 40.6 Å². The van der Waals surface area contributed by atoms with Crippen LogP contribution in [0.2, 0.25) is 0 Å². The van der Waals surface area contributed by atoms with E-state index in [0.29, 0.717) is 11.3 Å². The maximum Gasteiger partial charge on any atom is 0.416 e. The van der Waals surface area contributed by atoms with Gasteiger partial charge in [0, 0.05) is 5.56 Å². The second-order valence-electron chi connectivity index (χ2n) is 6.55. The first-order chi connectivity index (χ1) is 14.4. The molecule has 0 aliphatic heterocycles. The Hall–Kier alpha value is -3.94. The van der Waals surface area contributed by atoms with E-state index in [4.69, 9.17) is 0 Å². The molecule has 0 spiro atoms. The van der Waals surface area contributed by atoms with E-state index in [0.717, 1.165) is 28.5 Å². The molecule has 1 amide bonds. The third-order valence-electron chi connectivity index (χ3n) is 4.49. The van der Waals surface area contributed by atoms with Crippen LogP contribution in [0.4, 0.5) is 13.2 Å². The Balaban J connectivity index is 1.43. The number of carbonyl (C=O) groups is 1. The van der Waals surface area contributed by atoms with Gasteiger partial charge >= 0.3 is 6.18 Å². The molecule has 0 atom stereocenters. The molecule has 3 aromatic carbocycles. The number of nitrogens with one attached hydrogen (secondary N) is 2. The molecule has 4 aromatic rings. The SMILES string of the molecule is O=C(N/N=C\c1ccc(C(F)(F)F)cc1)c1cc(-c2ccc3ccccc3c2)n[nH]1. The molecule has 0 aliphatic rings. The molecular weight excluding hydrogens is 393 g/mol. The fourth-order valence-corrected chi connectivity index (χ4v) is 2.92. The summed E-state index contributed by atoms with van der Waals surface area (Å²) in [5, 5.41) is 12.8. The van der Waals surface area contributed by atoms with Gasteiger partial charge in [0.2, 0.25) is 0 Å². The van der Waals surface area contributed by atoms with E-state index in [-0.39, 0.29) is 5.69 Å². The molecule has 30 heavy (non-hydrogen) atoms. The number of hydrogen-bond donors (Lipinski definition) is 2. The van der Waals surface area contributed by atoms with Gasteiger partial charge in [0.15, 0.2) is 0 Å². The Kier molecular flexibility index (Phi) is 5.05. The highest BCUT2D eigenvalue weighted by Gasteiger charge is 2.29. The number of halogens is 3. The Bertz CT molecular complexity index is 1230. The van der Waals surface area contributed by atoms with Crippen LogP contribution in [0.25, 0.3) is 22.0 Å². The van der Waals surface area contributed by atoms with Crippen LogP contribution in [0.3, 0.4) is 0 Å². The first kappa shape index (κ1) is 19.4. The summed E-state index contributed by atoms with van der Waals surface area (Å²) in [5.41, 5.74) is 3.68. The zero-order valence-corrected chi connectivity index (χ0v) is 15.4. The van der Waals surface area contributed by atoms with Crippen LogP contribution < -0.4 is 5.43 Å². The molecule has 8 heteroatoms. The second-order valence-corrected chi connectivity index (χ2v) is 6.55. The van der Waals surface area contributed by atoms with Gasteiger partial charge in [0.25, 0.3) is 5.91 Å². The van der Waals surface area contributed by atoms with Crippen molar-refractivity contribution in [3.05, 3.63) is 89.6 Å². The minimum absolute atomic E-state index is 0.211. The number of hydrogen-bond acceptors (Lipinski definition) is 3. The molecular formula is C22H15F3N4O. The highest BCUT2D eigenvalue weighted by molar-refractivity contribution is 5.94. The van der Waals surface area contributed by atoms with E-state index in [1.807, 2.05) is 42.5 Å². The highest BCUT2D eigenvalue weighted by Crippen LogP contribution is 2.29. The van der Waals surface area contributed by atoms with Crippen molar-refractivity contribution in [2.45, 2.75) is 6.18 Å². The van der Waals surface area contributed by atoms with Crippen molar-refractivity contribution in [3.63, 3.8) is 0 Å². The van der Waals surface area contributed by atoms with Crippen molar-refractivity contribution in [2.75, 3.05) is 0 Å². The summed E-state index contributed by atoms with van der Waals surface area (Å²) < 4.78 is 37.7. The van der Waals surface area contributed by atoms with Crippen LogP contribution >= 0.6 is 0 Å². The number of fused-ring (bicyclic) bond motifs is 1. The smallest absolute Gasteiger partial charge is 0.272 e. The van der Waals surface area contributed by atoms with Gasteiger partial charge in [-0.1, -0.05) is 48.5 Å². The molecule has 2 N–H and O–H groups in total. The summed E-state index contributed by atoms with van der Waals surface area (Å²) in [6.07, 6.45) is -3.13. The van der Waals surface area contributed by atoms with Crippen LogP contribution in [-0.2, 0) is 6.18 Å². The summed E-state index contributed by atoms with van der Waals surface area (Å²) in [4.78, 5) is 12.2. The van der Waals surface area contributed by atoms with Crippen molar-refractivity contribution in [3.8, 4) is 11.3 Å². The lowest BCUT2D eigenvalue weighted by Gasteiger charge is -2.05. The summed E-state index contributed by atoms with van der Waals surface area (Å²) in [5.74, 6) is -0.516. The molecule has 0 saturated heterocycles. The number of carbonyl (C=O) groups excluding carboxylic acids is 1. The van der Waals surface area contributed by atoms with E-state index in [1.165, 1.54) is 18.3 Å². The lowest BCUT2D eigenvalue weighted by Crippen LogP contribution is -2.18. The van der Waals surface area contributed by atoms with Gasteiger partial charge in [-0.25, -0.2) is 5.43 Å². The van der Waals surface area contributed by atoms with Crippen molar-refractivity contribution in [1.29, 1.82) is 0 Å². The Morgan fingerprint density at radius 3 is 2.43 bits per heavy atom.